The van der Waals surface area contributed by atoms with Crippen molar-refractivity contribution >= 4 is 28.4 Å². The SMILES string of the molecule is C=CC(=O)Nc1ccc(C#Cc2c(-c3ccc(Oc4nccc(C)n4)c(F)c3)c3c(N)ncnc3n2C)cc1. The van der Waals surface area contributed by atoms with Crippen LogP contribution in [0.25, 0.3) is 22.2 Å². The van der Waals surface area contributed by atoms with Gasteiger partial charge in [0.15, 0.2) is 11.6 Å². The number of aryl methyl sites for hydroxylation is 2. The molecular weight excluding hydrogens is 497 g/mol. The molecule has 10 heteroatoms. The van der Waals surface area contributed by atoms with Gasteiger partial charge in [-0.15, -0.1) is 0 Å². The zero-order valence-electron chi connectivity index (χ0n) is 21.1. The summed E-state index contributed by atoms with van der Waals surface area (Å²) in [6.45, 7) is 5.23. The first-order chi connectivity index (χ1) is 18.8. The van der Waals surface area contributed by atoms with E-state index in [2.05, 4.69) is 43.7 Å². The molecule has 0 unspecified atom stereocenters. The third kappa shape index (κ3) is 5.14. The average Bonchev–Trinajstić information content (AvgIpc) is 3.22. The summed E-state index contributed by atoms with van der Waals surface area (Å²) in [5, 5.41) is 3.25. The number of rotatable bonds is 5. The maximum Gasteiger partial charge on any atom is 0.322 e. The minimum Gasteiger partial charge on any atom is -0.421 e. The summed E-state index contributed by atoms with van der Waals surface area (Å²) in [7, 11) is 1.80. The zero-order chi connectivity index (χ0) is 27.5. The molecule has 1 amide bonds. The van der Waals surface area contributed by atoms with Gasteiger partial charge in [-0.05, 0) is 66.9 Å². The first-order valence-electron chi connectivity index (χ1n) is 11.8. The van der Waals surface area contributed by atoms with Crippen molar-refractivity contribution in [3.8, 4) is 34.7 Å². The van der Waals surface area contributed by atoms with E-state index >= 15 is 4.39 Å². The number of carbonyl (C=O) groups excluding carboxylic acids is 1. The van der Waals surface area contributed by atoms with Crippen LogP contribution in [-0.4, -0.2) is 30.4 Å². The molecule has 0 saturated carbocycles. The van der Waals surface area contributed by atoms with Crippen molar-refractivity contribution in [2.24, 2.45) is 7.05 Å². The summed E-state index contributed by atoms with van der Waals surface area (Å²) in [6, 6.07) is 13.4. The maximum atomic E-state index is 15.2. The van der Waals surface area contributed by atoms with Gasteiger partial charge in [0, 0.05) is 35.8 Å². The van der Waals surface area contributed by atoms with Crippen LogP contribution in [0.4, 0.5) is 15.9 Å². The largest absolute Gasteiger partial charge is 0.421 e. The van der Waals surface area contributed by atoms with Gasteiger partial charge in [-0.25, -0.2) is 24.3 Å². The van der Waals surface area contributed by atoms with E-state index in [1.807, 2.05) is 0 Å². The van der Waals surface area contributed by atoms with Gasteiger partial charge in [0.2, 0.25) is 5.91 Å². The van der Waals surface area contributed by atoms with Crippen LogP contribution in [-0.2, 0) is 11.8 Å². The first kappa shape index (κ1) is 25.1. The van der Waals surface area contributed by atoms with E-state index < -0.39 is 5.82 Å². The smallest absolute Gasteiger partial charge is 0.322 e. The van der Waals surface area contributed by atoms with E-state index in [1.54, 1.807) is 61.1 Å². The lowest BCUT2D eigenvalue weighted by Crippen LogP contribution is -2.06. The molecule has 3 aromatic heterocycles. The van der Waals surface area contributed by atoms with Crippen LogP contribution in [0.5, 0.6) is 11.8 Å². The average molecular weight is 520 g/mol. The molecule has 0 aliphatic heterocycles. The molecule has 2 aromatic carbocycles. The van der Waals surface area contributed by atoms with Crippen LogP contribution in [0.1, 0.15) is 17.0 Å². The Morgan fingerprint density at radius 2 is 1.92 bits per heavy atom. The molecule has 3 N–H and O–H groups in total. The fourth-order valence-electron chi connectivity index (χ4n) is 3.98. The van der Waals surface area contributed by atoms with Crippen molar-refractivity contribution in [1.29, 1.82) is 0 Å². The van der Waals surface area contributed by atoms with Crippen LogP contribution < -0.4 is 15.8 Å². The van der Waals surface area contributed by atoms with Gasteiger partial charge >= 0.3 is 6.01 Å². The lowest BCUT2D eigenvalue weighted by Gasteiger charge is -2.08. The molecule has 0 spiro atoms. The lowest BCUT2D eigenvalue weighted by atomic mass is 10.0. The van der Waals surface area contributed by atoms with Gasteiger partial charge in [-0.2, -0.15) is 0 Å². The fraction of sp³-hybridized carbons (Fsp3) is 0.0690. The highest BCUT2D eigenvalue weighted by Gasteiger charge is 2.21. The highest BCUT2D eigenvalue weighted by Crippen LogP contribution is 2.37. The van der Waals surface area contributed by atoms with Crippen LogP contribution in [0.15, 0.2) is 73.7 Å². The van der Waals surface area contributed by atoms with Crippen LogP contribution in [0, 0.1) is 24.6 Å². The number of anilines is 2. The van der Waals surface area contributed by atoms with Gasteiger partial charge in [0.05, 0.1) is 5.39 Å². The molecule has 0 saturated heterocycles. The summed E-state index contributed by atoms with van der Waals surface area (Å²) in [5.41, 5.74) is 10.5. The van der Waals surface area contributed by atoms with Gasteiger partial charge in [-0.3, -0.25) is 4.79 Å². The van der Waals surface area contributed by atoms with Crippen molar-refractivity contribution in [3.05, 3.63) is 96.5 Å². The Morgan fingerprint density at radius 3 is 2.64 bits per heavy atom. The second-order valence-corrected chi connectivity index (χ2v) is 8.49. The summed E-state index contributed by atoms with van der Waals surface area (Å²) in [4.78, 5) is 28.2. The van der Waals surface area contributed by atoms with Gasteiger partial charge in [0.25, 0.3) is 0 Å². The molecule has 0 bridgehead atoms. The molecular formula is C29H22FN7O2. The van der Waals surface area contributed by atoms with E-state index in [-0.39, 0.29) is 23.5 Å². The standard InChI is InChI=1S/C29H22FN7O2/c1-4-24(38)36-20-9-5-18(6-10-20)7-11-22-25(26-27(31)33-16-34-28(26)37(22)3)19-8-12-23(21(30)15-19)39-29-32-14-13-17(2)35-29/h4-6,8-10,12-16H,1H2,2-3H3,(H,36,38)(H2,31,33,34). The summed E-state index contributed by atoms with van der Waals surface area (Å²) in [6.07, 6.45) is 4.11. The third-order valence-corrected chi connectivity index (χ3v) is 5.85. The number of carbonyl (C=O) groups is 1. The number of hydrogen-bond donors (Lipinski definition) is 2. The quantitative estimate of drug-likeness (QED) is 0.253. The maximum absolute atomic E-state index is 15.2. The highest BCUT2D eigenvalue weighted by molar-refractivity contribution is 6.03. The Bertz CT molecular complexity index is 1800. The monoisotopic (exact) mass is 519 g/mol. The Balaban J connectivity index is 1.56. The second kappa shape index (κ2) is 10.4. The van der Waals surface area contributed by atoms with Crippen LogP contribution in [0.3, 0.4) is 0 Å². The van der Waals surface area contributed by atoms with Gasteiger partial charge < -0.3 is 20.4 Å². The normalized spacial score (nSPS) is 10.5. The number of nitrogen functional groups attached to an aromatic ring is 1. The molecule has 5 rings (SSSR count). The molecule has 5 aromatic rings. The number of benzene rings is 2. The lowest BCUT2D eigenvalue weighted by molar-refractivity contribution is -0.111. The highest BCUT2D eigenvalue weighted by atomic mass is 19.1. The van der Waals surface area contributed by atoms with Crippen molar-refractivity contribution in [2.75, 3.05) is 11.1 Å². The fourth-order valence-corrected chi connectivity index (χ4v) is 3.98. The molecule has 0 fully saturated rings. The Kier molecular flexibility index (Phi) is 6.72. The van der Waals surface area contributed by atoms with Crippen molar-refractivity contribution < 1.29 is 13.9 Å². The topological polar surface area (TPSA) is 121 Å². The van der Waals surface area contributed by atoms with Gasteiger partial charge in [-0.1, -0.05) is 18.6 Å². The van der Waals surface area contributed by atoms with E-state index in [0.717, 1.165) is 0 Å². The summed E-state index contributed by atoms with van der Waals surface area (Å²) < 4.78 is 22.6. The van der Waals surface area contributed by atoms with Crippen molar-refractivity contribution in [3.63, 3.8) is 0 Å². The summed E-state index contributed by atoms with van der Waals surface area (Å²) >= 11 is 0. The van der Waals surface area contributed by atoms with E-state index in [4.69, 9.17) is 10.5 Å². The second-order valence-electron chi connectivity index (χ2n) is 8.49. The Hall–Kier alpha value is -5.56. The number of amides is 1. The molecule has 0 aliphatic rings. The predicted octanol–water partition coefficient (Wildman–Crippen LogP) is 4.77. The number of halogens is 1. The molecule has 192 valence electrons. The first-order valence-corrected chi connectivity index (χ1v) is 11.8. The Labute approximate surface area is 223 Å². The number of hydrogen-bond acceptors (Lipinski definition) is 7. The molecule has 0 atom stereocenters. The van der Waals surface area contributed by atoms with Gasteiger partial charge in [0.1, 0.15) is 23.5 Å². The molecule has 0 radical (unpaired) electrons. The number of ether oxygens (including phenoxy) is 1. The zero-order valence-corrected chi connectivity index (χ0v) is 21.1. The Morgan fingerprint density at radius 1 is 1.13 bits per heavy atom. The van der Waals surface area contributed by atoms with E-state index in [1.165, 1.54) is 24.5 Å². The minimum absolute atomic E-state index is 0.0231. The van der Waals surface area contributed by atoms with Crippen molar-refractivity contribution in [1.82, 2.24) is 24.5 Å². The number of aromatic nitrogens is 5. The number of nitrogens with zero attached hydrogens (tertiary/aromatic N) is 5. The van der Waals surface area contributed by atoms with Crippen LogP contribution >= 0.6 is 0 Å². The number of fused-ring (bicyclic) bond motifs is 1. The molecule has 3 heterocycles. The minimum atomic E-state index is -0.610. The van der Waals surface area contributed by atoms with Crippen LogP contribution in [0.2, 0.25) is 0 Å². The number of nitrogens with one attached hydrogen (secondary N) is 1. The van der Waals surface area contributed by atoms with Crippen molar-refractivity contribution in [2.45, 2.75) is 6.92 Å². The molecule has 39 heavy (non-hydrogen) atoms. The van der Waals surface area contributed by atoms with E-state index in [9.17, 15) is 4.79 Å². The number of nitrogens with two attached hydrogens (primary N) is 1. The molecule has 0 aliphatic carbocycles. The third-order valence-electron chi connectivity index (χ3n) is 5.85. The summed E-state index contributed by atoms with van der Waals surface area (Å²) in [5.74, 6) is 5.61. The van der Waals surface area contributed by atoms with E-state index in [0.29, 0.717) is 44.8 Å². The predicted molar refractivity (Wildman–Crippen MR) is 146 cm³/mol. The molecule has 9 nitrogen and oxygen atoms in total.